The van der Waals surface area contributed by atoms with Crippen LogP contribution in [0.3, 0.4) is 0 Å². The van der Waals surface area contributed by atoms with E-state index in [1.807, 2.05) is 6.92 Å². The fraction of sp³-hybridized carbons (Fsp3) is 0.857. The van der Waals surface area contributed by atoms with Crippen LogP contribution in [0.2, 0.25) is 0 Å². The second-order valence-electron chi connectivity index (χ2n) is 8.35. The van der Waals surface area contributed by atoms with Crippen molar-refractivity contribution in [2.45, 2.75) is 107 Å². The predicted molar refractivity (Wildman–Crippen MR) is 109 cm³/mol. The number of esters is 1. The quantitative estimate of drug-likeness (QED) is 0.129. The molecule has 0 aliphatic carbocycles. The van der Waals surface area contributed by atoms with Crippen molar-refractivity contribution < 1.29 is 54.4 Å². The monoisotopic (exact) mass is 464 g/mol. The van der Waals surface area contributed by atoms with E-state index in [0.717, 1.165) is 12.8 Å². The van der Waals surface area contributed by atoms with Crippen LogP contribution < -0.4 is 0 Å². The second kappa shape index (κ2) is 12.9. The molecule has 2 heterocycles. The molecule has 0 aromatic heterocycles. The van der Waals surface area contributed by atoms with Gasteiger partial charge in [-0.15, -0.1) is 0 Å². The van der Waals surface area contributed by atoms with Crippen molar-refractivity contribution in [1.29, 1.82) is 0 Å². The minimum atomic E-state index is -1.63. The number of rotatable bonds is 10. The molecule has 0 aromatic rings. The SMILES string of the molecule is C[C@H](CCCC/C=C/C(=O)O[C@@H]1O[C@H](CO)[C@@H](O)[C@H](O)[C@H]1O)O[C@@H]1O[C@@H](C)[C@H](O)C[C@H]1O. The van der Waals surface area contributed by atoms with Crippen molar-refractivity contribution in [3.05, 3.63) is 12.2 Å². The molecular formula is C21H36O11. The zero-order chi connectivity index (χ0) is 23.8. The summed E-state index contributed by atoms with van der Waals surface area (Å²) in [6, 6.07) is 0. The molecular weight excluding hydrogens is 428 g/mol. The zero-order valence-corrected chi connectivity index (χ0v) is 18.4. The first-order valence-electron chi connectivity index (χ1n) is 11.0. The van der Waals surface area contributed by atoms with Crippen molar-refractivity contribution in [2.24, 2.45) is 0 Å². The van der Waals surface area contributed by atoms with Crippen LogP contribution in [0.15, 0.2) is 12.2 Å². The summed E-state index contributed by atoms with van der Waals surface area (Å²) in [5.41, 5.74) is 0. The number of hydrogen-bond donors (Lipinski definition) is 6. The van der Waals surface area contributed by atoms with Crippen molar-refractivity contribution in [3.63, 3.8) is 0 Å². The van der Waals surface area contributed by atoms with Crippen molar-refractivity contribution in [1.82, 2.24) is 0 Å². The van der Waals surface area contributed by atoms with Crippen LogP contribution in [0.4, 0.5) is 0 Å². The summed E-state index contributed by atoms with van der Waals surface area (Å²) in [6.45, 7) is 3.00. The summed E-state index contributed by atoms with van der Waals surface area (Å²) < 4.78 is 21.3. The highest BCUT2D eigenvalue weighted by molar-refractivity contribution is 5.82. The first-order chi connectivity index (χ1) is 15.1. The lowest BCUT2D eigenvalue weighted by atomic mass is 9.99. The van der Waals surface area contributed by atoms with Gasteiger partial charge in [0.05, 0.1) is 24.9 Å². The third-order valence-electron chi connectivity index (χ3n) is 5.62. The highest BCUT2D eigenvalue weighted by Crippen LogP contribution is 2.24. The molecule has 2 saturated heterocycles. The molecule has 0 aromatic carbocycles. The van der Waals surface area contributed by atoms with Gasteiger partial charge in [0.2, 0.25) is 6.29 Å². The van der Waals surface area contributed by atoms with Crippen molar-refractivity contribution in [2.75, 3.05) is 6.61 Å². The van der Waals surface area contributed by atoms with Gasteiger partial charge >= 0.3 is 5.97 Å². The van der Waals surface area contributed by atoms with Gasteiger partial charge in [0.1, 0.15) is 30.5 Å². The topological polar surface area (TPSA) is 175 Å². The third kappa shape index (κ3) is 7.72. The number of allylic oxidation sites excluding steroid dienone is 1. The van der Waals surface area contributed by atoms with Gasteiger partial charge in [-0.2, -0.15) is 0 Å². The summed E-state index contributed by atoms with van der Waals surface area (Å²) in [5, 5.41) is 58.1. The Bertz CT molecular complexity index is 598. The molecule has 0 saturated carbocycles. The number of hydrogen-bond acceptors (Lipinski definition) is 11. The standard InChI is InChI=1S/C21H36O11/c1-11(29-20-14(24)9-13(23)12(2)30-20)7-5-3-4-6-8-16(25)32-21-19(28)18(27)17(26)15(10-22)31-21/h6,8,11-15,17-24,26-28H,3-5,7,9-10H2,1-2H3/b8-6+/t11-,12+,13-,14-,15-,17-,18+,19-,20-,21+/m1/s1. The summed E-state index contributed by atoms with van der Waals surface area (Å²) in [5.74, 6) is -0.786. The van der Waals surface area contributed by atoms with Gasteiger partial charge in [0, 0.05) is 12.5 Å². The molecule has 0 spiro atoms. The third-order valence-corrected chi connectivity index (χ3v) is 5.62. The minimum Gasteiger partial charge on any atom is -0.430 e. The van der Waals surface area contributed by atoms with Crippen LogP contribution in [0.25, 0.3) is 0 Å². The Labute approximate surface area is 187 Å². The lowest BCUT2D eigenvalue weighted by molar-refractivity contribution is -0.291. The average Bonchev–Trinajstić information content (AvgIpc) is 2.74. The molecule has 10 atom stereocenters. The molecule has 2 fully saturated rings. The van der Waals surface area contributed by atoms with Crippen LogP contribution in [0, 0.1) is 0 Å². The molecule has 32 heavy (non-hydrogen) atoms. The largest absolute Gasteiger partial charge is 0.430 e. The smallest absolute Gasteiger partial charge is 0.332 e. The normalized spacial score (nSPS) is 39.2. The summed E-state index contributed by atoms with van der Waals surface area (Å²) in [6.07, 6.45) is -4.45. The fourth-order valence-electron chi connectivity index (χ4n) is 3.55. The fourth-order valence-corrected chi connectivity index (χ4v) is 3.55. The van der Waals surface area contributed by atoms with Gasteiger partial charge in [0.15, 0.2) is 6.29 Å². The van der Waals surface area contributed by atoms with Gasteiger partial charge in [-0.25, -0.2) is 4.79 Å². The zero-order valence-electron chi connectivity index (χ0n) is 18.4. The molecule has 2 aliphatic rings. The number of aliphatic hydroxyl groups excluding tert-OH is 6. The van der Waals surface area contributed by atoms with Gasteiger partial charge in [0.25, 0.3) is 0 Å². The molecule has 0 unspecified atom stereocenters. The Hall–Kier alpha value is -1.15. The molecule has 0 radical (unpaired) electrons. The number of ether oxygens (including phenoxy) is 4. The maximum Gasteiger partial charge on any atom is 0.332 e. The number of carbonyl (C=O) groups excluding carboxylic acids is 1. The van der Waals surface area contributed by atoms with E-state index < -0.39 is 67.9 Å². The molecule has 186 valence electrons. The lowest BCUT2D eigenvalue weighted by Gasteiger charge is -2.38. The van der Waals surface area contributed by atoms with Crippen molar-refractivity contribution in [3.8, 4) is 0 Å². The Morgan fingerprint density at radius 3 is 2.44 bits per heavy atom. The van der Waals surface area contributed by atoms with Crippen LogP contribution in [0.1, 0.15) is 46.0 Å². The van der Waals surface area contributed by atoms with Crippen LogP contribution in [-0.2, 0) is 23.7 Å². The number of carbonyl (C=O) groups is 1. The van der Waals surface area contributed by atoms with Crippen LogP contribution >= 0.6 is 0 Å². The van der Waals surface area contributed by atoms with E-state index in [1.54, 1.807) is 13.0 Å². The van der Waals surface area contributed by atoms with E-state index in [1.165, 1.54) is 6.08 Å². The van der Waals surface area contributed by atoms with Gasteiger partial charge < -0.3 is 49.6 Å². The Kier molecular flexibility index (Phi) is 10.9. The highest BCUT2D eigenvalue weighted by atomic mass is 16.7. The highest BCUT2D eigenvalue weighted by Gasteiger charge is 2.45. The Balaban J connectivity index is 1.63. The van der Waals surface area contributed by atoms with Crippen LogP contribution in [-0.4, -0.2) is 105 Å². The molecule has 2 rings (SSSR count). The van der Waals surface area contributed by atoms with Crippen LogP contribution in [0.5, 0.6) is 0 Å². The summed E-state index contributed by atoms with van der Waals surface area (Å²) in [7, 11) is 0. The maximum absolute atomic E-state index is 11.9. The van der Waals surface area contributed by atoms with E-state index in [4.69, 9.17) is 24.1 Å². The van der Waals surface area contributed by atoms with Crippen molar-refractivity contribution >= 4 is 5.97 Å². The predicted octanol–water partition coefficient (Wildman–Crippen LogP) is -1.29. The molecule has 11 heteroatoms. The molecule has 0 bridgehead atoms. The van der Waals surface area contributed by atoms with E-state index in [9.17, 15) is 30.3 Å². The summed E-state index contributed by atoms with van der Waals surface area (Å²) in [4.78, 5) is 11.9. The molecule has 6 N–H and O–H groups in total. The summed E-state index contributed by atoms with van der Waals surface area (Å²) >= 11 is 0. The van der Waals surface area contributed by atoms with E-state index in [0.29, 0.717) is 12.8 Å². The molecule has 11 nitrogen and oxygen atoms in total. The van der Waals surface area contributed by atoms with E-state index in [2.05, 4.69) is 0 Å². The number of aliphatic hydroxyl groups is 6. The van der Waals surface area contributed by atoms with Gasteiger partial charge in [-0.3, -0.25) is 0 Å². The van der Waals surface area contributed by atoms with E-state index >= 15 is 0 Å². The first-order valence-corrected chi connectivity index (χ1v) is 11.0. The lowest BCUT2D eigenvalue weighted by Crippen LogP contribution is -2.59. The Morgan fingerprint density at radius 1 is 1.03 bits per heavy atom. The van der Waals surface area contributed by atoms with E-state index in [-0.39, 0.29) is 12.5 Å². The second-order valence-corrected chi connectivity index (χ2v) is 8.35. The van der Waals surface area contributed by atoms with Gasteiger partial charge in [-0.1, -0.05) is 12.5 Å². The maximum atomic E-state index is 11.9. The average molecular weight is 465 g/mol. The van der Waals surface area contributed by atoms with Gasteiger partial charge in [-0.05, 0) is 33.1 Å². The number of unbranched alkanes of at least 4 members (excludes halogenated alkanes) is 2. The molecule has 0 amide bonds. The Morgan fingerprint density at radius 2 is 1.75 bits per heavy atom. The minimum absolute atomic E-state index is 0.155. The first kappa shape index (κ1) is 27.1. The molecule has 2 aliphatic heterocycles.